The number of carbonyl (C=O) groups excluding carboxylic acids is 1. The Hall–Kier alpha value is -1.65. The number of carbonyl (C=O) groups is 1. The van der Waals surface area contributed by atoms with Crippen LogP contribution >= 0.6 is 0 Å². The number of nitrogens with one attached hydrogen (secondary N) is 2. The van der Waals surface area contributed by atoms with Crippen LogP contribution in [-0.2, 0) is 0 Å². The summed E-state index contributed by atoms with van der Waals surface area (Å²) in [6, 6.07) is 1.57. The first-order chi connectivity index (χ1) is 10.1. The Kier molecular flexibility index (Phi) is 5.53. The van der Waals surface area contributed by atoms with E-state index >= 15 is 0 Å². The van der Waals surface area contributed by atoms with E-state index in [2.05, 4.69) is 22.5 Å². The van der Waals surface area contributed by atoms with Crippen LogP contribution in [0.4, 0.5) is 10.2 Å². The molecule has 0 radical (unpaired) electrons. The highest BCUT2D eigenvalue weighted by atomic mass is 19.1. The molecule has 1 aliphatic rings. The molecular weight excluding hydrogens is 269 g/mol. The molecule has 2 atom stereocenters. The van der Waals surface area contributed by atoms with Crippen LogP contribution in [0.2, 0.25) is 0 Å². The number of pyridine rings is 1. The SMILES string of the molecule is CCNc1nccc(C(=O)NC2CCCCCC2C)c1F. The maximum atomic E-state index is 14.3. The molecular formula is C16H24FN3O. The summed E-state index contributed by atoms with van der Waals surface area (Å²) in [6.07, 6.45) is 7.10. The number of rotatable bonds is 4. The molecule has 116 valence electrons. The lowest BCUT2D eigenvalue weighted by molar-refractivity contribution is 0.0917. The second-order valence-electron chi connectivity index (χ2n) is 5.75. The van der Waals surface area contributed by atoms with Gasteiger partial charge in [0.05, 0.1) is 5.56 Å². The summed E-state index contributed by atoms with van der Waals surface area (Å²) in [5, 5.41) is 5.83. The van der Waals surface area contributed by atoms with Crippen LogP contribution in [0.15, 0.2) is 12.3 Å². The van der Waals surface area contributed by atoms with E-state index in [1.807, 2.05) is 6.92 Å². The lowest BCUT2D eigenvalue weighted by Crippen LogP contribution is -2.39. The Balaban J connectivity index is 2.10. The molecule has 1 saturated carbocycles. The Labute approximate surface area is 125 Å². The summed E-state index contributed by atoms with van der Waals surface area (Å²) in [5.74, 6) is -0.334. The molecule has 1 aromatic rings. The molecule has 1 aromatic heterocycles. The molecule has 2 N–H and O–H groups in total. The van der Waals surface area contributed by atoms with Crippen molar-refractivity contribution in [2.75, 3.05) is 11.9 Å². The van der Waals surface area contributed by atoms with Crippen LogP contribution in [-0.4, -0.2) is 23.5 Å². The summed E-state index contributed by atoms with van der Waals surface area (Å²) in [5.41, 5.74) is 0.0670. The molecule has 4 nitrogen and oxygen atoms in total. The summed E-state index contributed by atoms with van der Waals surface area (Å²) in [6.45, 7) is 4.58. The van der Waals surface area contributed by atoms with Gasteiger partial charge in [-0.2, -0.15) is 0 Å². The highest BCUT2D eigenvalue weighted by molar-refractivity contribution is 5.95. The second kappa shape index (κ2) is 7.38. The van der Waals surface area contributed by atoms with Crippen molar-refractivity contribution >= 4 is 11.7 Å². The number of hydrogen-bond acceptors (Lipinski definition) is 3. The molecule has 0 bridgehead atoms. The van der Waals surface area contributed by atoms with E-state index in [1.54, 1.807) is 0 Å². The molecule has 21 heavy (non-hydrogen) atoms. The van der Waals surface area contributed by atoms with E-state index in [0.717, 1.165) is 19.3 Å². The van der Waals surface area contributed by atoms with Gasteiger partial charge in [-0.05, 0) is 31.7 Å². The molecule has 0 aliphatic heterocycles. The quantitative estimate of drug-likeness (QED) is 0.837. The van der Waals surface area contributed by atoms with Crippen LogP contribution in [0.1, 0.15) is 56.3 Å². The molecule has 0 saturated heterocycles. The second-order valence-corrected chi connectivity index (χ2v) is 5.75. The Bertz CT molecular complexity index is 492. The zero-order valence-electron chi connectivity index (χ0n) is 12.8. The van der Waals surface area contributed by atoms with Crippen LogP contribution in [0.5, 0.6) is 0 Å². The van der Waals surface area contributed by atoms with Gasteiger partial charge in [0.25, 0.3) is 5.91 Å². The molecule has 0 spiro atoms. The lowest BCUT2D eigenvalue weighted by atomic mass is 9.96. The number of halogens is 1. The van der Waals surface area contributed by atoms with E-state index in [0.29, 0.717) is 12.5 Å². The van der Waals surface area contributed by atoms with E-state index in [9.17, 15) is 9.18 Å². The maximum absolute atomic E-state index is 14.3. The minimum atomic E-state index is -0.571. The van der Waals surface area contributed by atoms with Crippen molar-refractivity contribution in [3.05, 3.63) is 23.6 Å². The van der Waals surface area contributed by atoms with Crippen molar-refractivity contribution in [2.24, 2.45) is 5.92 Å². The van der Waals surface area contributed by atoms with Gasteiger partial charge < -0.3 is 10.6 Å². The third-order valence-electron chi connectivity index (χ3n) is 4.16. The fraction of sp³-hybridized carbons (Fsp3) is 0.625. The molecule has 5 heteroatoms. The van der Waals surface area contributed by atoms with Gasteiger partial charge in [0.1, 0.15) is 0 Å². The lowest BCUT2D eigenvalue weighted by Gasteiger charge is -2.23. The Morgan fingerprint density at radius 1 is 1.38 bits per heavy atom. The van der Waals surface area contributed by atoms with Gasteiger partial charge in [-0.1, -0.05) is 26.2 Å². The Morgan fingerprint density at radius 3 is 2.90 bits per heavy atom. The van der Waals surface area contributed by atoms with E-state index in [-0.39, 0.29) is 23.3 Å². The first-order valence-electron chi connectivity index (χ1n) is 7.82. The highest BCUT2D eigenvalue weighted by Gasteiger charge is 2.24. The van der Waals surface area contributed by atoms with Gasteiger partial charge in [-0.15, -0.1) is 0 Å². The summed E-state index contributed by atoms with van der Waals surface area (Å²) in [7, 11) is 0. The highest BCUT2D eigenvalue weighted by Crippen LogP contribution is 2.23. The van der Waals surface area contributed by atoms with Gasteiger partial charge in [0, 0.05) is 18.8 Å². The minimum Gasteiger partial charge on any atom is -0.368 e. The predicted molar refractivity (Wildman–Crippen MR) is 81.9 cm³/mol. The number of amides is 1. The van der Waals surface area contributed by atoms with E-state index < -0.39 is 5.82 Å². The van der Waals surface area contributed by atoms with Crippen molar-refractivity contribution in [3.8, 4) is 0 Å². The third kappa shape index (κ3) is 3.93. The van der Waals surface area contributed by atoms with E-state index in [1.165, 1.54) is 25.1 Å². The number of aromatic nitrogens is 1. The van der Waals surface area contributed by atoms with Gasteiger partial charge in [0.15, 0.2) is 11.6 Å². The first kappa shape index (κ1) is 15.7. The number of nitrogens with zero attached hydrogens (tertiary/aromatic N) is 1. The van der Waals surface area contributed by atoms with Crippen molar-refractivity contribution in [1.82, 2.24) is 10.3 Å². The fourth-order valence-corrected chi connectivity index (χ4v) is 2.86. The first-order valence-corrected chi connectivity index (χ1v) is 7.82. The average Bonchev–Trinajstić information content (AvgIpc) is 2.66. The largest absolute Gasteiger partial charge is 0.368 e. The minimum absolute atomic E-state index is 0.0670. The zero-order valence-corrected chi connectivity index (χ0v) is 12.8. The standard InChI is InChI=1S/C16H24FN3O/c1-3-18-15-14(17)12(9-10-19-15)16(21)20-13-8-6-4-5-7-11(13)2/h9-11,13H,3-8H2,1-2H3,(H,18,19)(H,20,21). The number of hydrogen-bond donors (Lipinski definition) is 2. The van der Waals surface area contributed by atoms with Crippen molar-refractivity contribution in [1.29, 1.82) is 0 Å². The molecule has 2 unspecified atom stereocenters. The third-order valence-corrected chi connectivity index (χ3v) is 4.16. The van der Waals surface area contributed by atoms with Gasteiger partial charge in [-0.25, -0.2) is 9.37 Å². The smallest absolute Gasteiger partial charge is 0.254 e. The molecule has 0 aromatic carbocycles. The monoisotopic (exact) mass is 293 g/mol. The number of anilines is 1. The van der Waals surface area contributed by atoms with Gasteiger partial charge >= 0.3 is 0 Å². The van der Waals surface area contributed by atoms with Crippen LogP contribution in [0.25, 0.3) is 0 Å². The van der Waals surface area contributed by atoms with E-state index in [4.69, 9.17) is 0 Å². The molecule has 2 rings (SSSR count). The predicted octanol–water partition coefficient (Wildman–Crippen LogP) is 3.35. The summed E-state index contributed by atoms with van der Waals surface area (Å²) in [4.78, 5) is 16.3. The maximum Gasteiger partial charge on any atom is 0.254 e. The summed E-state index contributed by atoms with van der Waals surface area (Å²) < 4.78 is 14.3. The average molecular weight is 293 g/mol. The molecule has 1 heterocycles. The van der Waals surface area contributed by atoms with Crippen molar-refractivity contribution in [3.63, 3.8) is 0 Å². The van der Waals surface area contributed by atoms with Crippen LogP contribution in [0.3, 0.4) is 0 Å². The fourth-order valence-electron chi connectivity index (χ4n) is 2.86. The summed E-state index contributed by atoms with van der Waals surface area (Å²) >= 11 is 0. The van der Waals surface area contributed by atoms with Gasteiger partial charge in [0.2, 0.25) is 0 Å². The van der Waals surface area contributed by atoms with Crippen molar-refractivity contribution < 1.29 is 9.18 Å². The normalized spacial score (nSPS) is 22.4. The van der Waals surface area contributed by atoms with Crippen molar-refractivity contribution in [2.45, 2.75) is 52.0 Å². The zero-order chi connectivity index (χ0) is 15.2. The molecule has 1 amide bonds. The Morgan fingerprint density at radius 2 is 2.14 bits per heavy atom. The molecule has 1 aliphatic carbocycles. The van der Waals surface area contributed by atoms with Gasteiger partial charge in [-0.3, -0.25) is 4.79 Å². The molecule has 1 fully saturated rings. The van der Waals surface area contributed by atoms with Crippen LogP contribution in [0, 0.1) is 11.7 Å². The topological polar surface area (TPSA) is 54.0 Å². The van der Waals surface area contributed by atoms with Crippen LogP contribution < -0.4 is 10.6 Å².